The highest BCUT2D eigenvalue weighted by Gasteiger charge is 2.41. The van der Waals surface area contributed by atoms with Crippen molar-refractivity contribution >= 4 is 17.5 Å². The molecule has 2 heterocycles. The smallest absolute Gasteiger partial charge is 0.270 e. The highest BCUT2D eigenvalue weighted by Crippen LogP contribution is 2.38. The molecule has 0 saturated carbocycles. The van der Waals surface area contributed by atoms with Gasteiger partial charge in [0.1, 0.15) is 5.75 Å². The van der Waals surface area contributed by atoms with Crippen LogP contribution in [0.1, 0.15) is 45.6 Å². The van der Waals surface area contributed by atoms with Crippen LogP contribution in [0.4, 0.5) is 5.69 Å². The van der Waals surface area contributed by atoms with Crippen LogP contribution in [-0.4, -0.2) is 41.9 Å². The molecule has 1 aromatic rings. The van der Waals surface area contributed by atoms with Gasteiger partial charge in [0.15, 0.2) is 5.60 Å². The summed E-state index contributed by atoms with van der Waals surface area (Å²) in [6.45, 7) is 9.83. The lowest BCUT2D eigenvalue weighted by atomic mass is 9.99. The zero-order valence-electron chi connectivity index (χ0n) is 15.7. The number of hydrogen-bond acceptors (Lipinski definition) is 3. The van der Waals surface area contributed by atoms with Crippen molar-refractivity contribution in [1.29, 1.82) is 0 Å². The number of amides is 2. The number of ether oxygens (including phenoxy) is 1. The van der Waals surface area contributed by atoms with Gasteiger partial charge < -0.3 is 14.5 Å². The van der Waals surface area contributed by atoms with Gasteiger partial charge in [-0.1, -0.05) is 13.0 Å². The average Bonchev–Trinajstić information content (AvgIpc) is 2.56. The molecule has 2 aliphatic rings. The van der Waals surface area contributed by atoms with Crippen molar-refractivity contribution in [2.24, 2.45) is 5.92 Å². The van der Waals surface area contributed by atoms with E-state index < -0.39 is 5.60 Å². The van der Waals surface area contributed by atoms with Gasteiger partial charge in [-0.05, 0) is 57.2 Å². The van der Waals surface area contributed by atoms with E-state index in [1.54, 1.807) is 18.7 Å². The molecule has 0 N–H and O–H groups in total. The molecule has 0 radical (unpaired) electrons. The zero-order valence-corrected chi connectivity index (χ0v) is 15.7. The Morgan fingerprint density at radius 3 is 2.64 bits per heavy atom. The van der Waals surface area contributed by atoms with Crippen LogP contribution in [0, 0.1) is 12.8 Å². The normalized spacial score (nSPS) is 20.2. The molecule has 2 aliphatic heterocycles. The van der Waals surface area contributed by atoms with Crippen LogP contribution in [0.15, 0.2) is 18.2 Å². The SMILES string of the molecule is Cc1ccc2c(c1)N(CCC(=O)N1CCC(C)CC1)C(=O)C(C)(C)O2. The number of fused-ring (bicyclic) bond motifs is 1. The minimum absolute atomic E-state index is 0.0920. The summed E-state index contributed by atoms with van der Waals surface area (Å²) in [6.07, 6.45) is 2.48. The number of anilines is 1. The standard InChI is InChI=1S/C20H28N2O3/c1-14-7-10-21(11-8-14)18(23)9-12-22-16-13-15(2)5-6-17(16)25-20(3,4)19(22)24/h5-6,13-14H,7-12H2,1-4H3. The molecule has 1 aromatic carbocycles. The maximum Gasteiger partial charge on any atom is 0.270 e. The molecule has 0 bridgehead atoms. The van der Waals surface area contributed by atoms with Crippen LogP contribution >= 0.6 is 0 Å². The highest BCUT2D eigenvalue weighted by atomic mass is 16.5. The van der Waals surface area contributed by atoms with E-state index in [4.69, 9.17) is 4.74 Å². The van der Waals surface area contributed by atoms with Gasteiger partial charge in [-0.2, -0.15) is 0 Å². The highest BCUT2D eigenvalue weighted by molar-refractivity contribution is 6.02. The summed E-state index contributed by atoms with van der Waals surface area (Å²) in [4.78, 5) is 29.0. The van der Waals surface area contributed by atoms with E-state index in [1.165, 1.54) is 0 Å². The molecule has 25 heavy (non-hydrogen) atoms. The van der Waals surface area contributed by atoms with Crippen LogP contribution in [0.5, 0.6) is 5.75 Å². The number of carbonyl (C=O) groups excluding carboxylic acids is 2. The summed E-state index contributed by atoms with van der Waals surface area (Å²) < 4.78 is 5.87. The van der Waals surface area contributed by atoms with Crippen molar-refractivity contribution in [1.82, 2.24) is 4.90 Å². The fourth-order valence-corrected chi connectivity index (χ4v) is 3.52. The molecule has 0 aliphatic carbocycles. The topological polar surface area (TPSA) is 49.9 Å². The number of piperidine rings is 1. The first-order valence-corrected chi connectivity index (χ1v) is 9.17. The lowest BCUT2D eigenvalue weighted by molar-refractivity contribution is -0.134. The summed E-state index contributed by atoms with van der Waals surface area (Å²) in [7, 11) is 0. The Balaban J connectivity index is 1.73. The molecular formula is C20H28N2O3. The lowest BCUT2D eigenvalue weighted by Gasteiger charge is -2.39. The van der Waals surface area contributed by atoms with E-state index >= 15 is 0 Å². The summed E-state index contributed by atoms with van der Waals surface area (Å²) >= 11 is 0. The van der Waals surface area contributed by atoms with Crippen LogP contribution < -0.4 is 9.64 Å². The molecule has 1 fully saturated rings. The fourth-order valence-electron chi connectivity index (χ4n) is 3.52. The molecule has 0 spiro atoms. The third kappa shape index (κ3) is 3.65. The summed E-state index contributed by atoms with van der Waals surface area (Å²) in [5, 5.41) is 0. The second kappa shape index (κ2) is 6.70. The van der Waals surface area contributed by atoms with E-state index in [2.05, 4.69) is 6.92 Å². The average molecular weight is 344 g/mol. The predicted molar refractivity (Wildman–Crippen MR) is 97.8 cm³/mol. The van der Waals surface area contributed by atoms with E-state index in [-0.39, 0.29) is 11.8 Å². The zero-order chi connectivity index (χ0) is 18.2. The number of carbonyl (C=O) groups is 2. The predicted octanol–water partition coefficient (Wildman–Crippen LogP) is 3.15. The molecule has 0 unspecified atom stereocenters. The number of hydrogen-bond donors (Lipinski definition) is 0. The summed E-state index contributed by atoms with van der Waals surface area (Å²) in [5.41, 5.74) is 0.923. The van der Waals surface area contributed by atoms with E-state index in [0.29, 0.717) is 24.6 Å². The maximum atomic E-state index is 12.8. The molecule has 5 heteroatoms. The minimum atomic E-state index is -0.911. The summed E-state index contributed by atoms with van der Waals surface area (Å²) in [6, 6.07) is 5.83. The van der Waals surface area contributed by atoms with Gasteiger partial charge in [-0.15, -0.1) is 0 Å². The van der Waals surface area contributed by atoms with E-state index in [0.717, 1.165) is 37.2 Å². The molecular weight excluding hydrogens is 316 g/mol. The third-order valence-corrected chi connectivity index (χ3v) is 5.22. The third-order valence-electron chi connectivity index (χ3n) is 5.22. The Hall–Kier alpha value is -2.04. The van der Waals surface area contributed by atoms with Crippen molar-refractivity contribution in [3.05, 3.63) is 23.8 Å². The first-order valence-electron chi connectivity index (χ1n) is 9.17. The molecule has 5 nitrogen and oxygen atoms in total. The van der Waals surface area contributed by atoms with Crippen LogP contribution in [0.25, 0.3) is 0 Å². The summed E-state index contributed by atoms with van der Waals surface area (Å²) in [5.74, 6) is 1.44. The first kappa shape index (κ1) is 17.8. The number of nitrogens with zero attached hydrogens (tertiary/aromatic N) is 2. The van der Waals surface area contributed by atoms with Crippen molar-refractivity contribution in [2.75, 3.05) is 24.5 Å². The maximum absolute atomic E-state index is 12.8. The van der Waals surface area contributed by atoms with Crippen LogP contribution in [0.2, 0.25) is 0 Å². The molecule has 0 aromatic heterocycles. The fraction of sp³-hybridized carbons (Fsp3) is 0.600. The van der Waals surface area contributed by atoms with Gasteiger partial charge in [0, 0.05) is 26.1 Å². The van der Waals surface area contributed by atoms with Crippen molar-refractivity contribution < 1.29 is 14.3 Å². The van der Waals surface area contributed by atoms with Crippen LogP contribution in [-0.2, 0) is 9.59 Å². The molecule has 1 saturated heterocycles. The number of rotatable bonds is 3. The van der Waals surface area contributed by atoms with Crippen molar-refractivity contribution in [3.8, 4) is 5.75 Å². The van der Waals surface area contributed by atoms with Gasteiger partial charge in [0.25, 0.3) is 5.91 Å². The molecule has 136 valence electrons. The van der Waals surface area contributed by atoms with Crippen LogP contribution in [0.3, 0.4) is 0 Å². The first-order chi connectivity index (χ1) is 11.8. The Morgan fingerprint density at radius 2 is 1.96 bits per heavy atom. The molecule has 0 atom stereocenters. The van der Waals surface area contributed by atoms with Gasteiger partial charge in [-0.25, -0.2) is 0 Å². The van der Waals surface area contributed by atoms with Gasteiger partial charge in [0.05, 0.1) is 5.69 Å². The Morgan fingerprint density at radius 1 is 1.28 bits per heavy atom. The second-order valence-corrected chi connectivity index (χ2v) is 7.85. The molecule has 2 amide bonds. The van der Waals surface area contributed by atoms with E-state index in [1.807, 2.05) is 30.0 Å². The number of benzene rings is 1. The Bertz CT molecular complexity index is 676. The van der Waals surface area contributed by atoms with Gasteiger partial charge >= 0.3 is 0 Å². The quantitative estimate of drug-likeness (QED) is 0.846. The molecule has 3 rings (SSSR count). The van der Waals surface area contributed by atoms with Crippen molar-refractivity contribution in [2.45, 2.75) is 52.6 Å². The van der Waals surface area contributed by atoms with E-state index in [9.17, 15) is 9.59 Å². The van der Waals surface area contributed by atoms with Gasteiger partial charge in [0.2, 0.25) is 5.91 Å². The largest absolute Gasteiger partial charge is 0.476 e. The Labute approximate surface area is 149 Å². The monoisotopic (exact) mass is 344 g/mol. The van der Waals surface area contributed by atoms with Crippen molar-refractivity contribution in [3.63, 3.8) is 0 Å². The number of aryl methyl sites for hydroxylation is 1. The van der Waals surface area contributed by atoms with Gasteiger partial charge in [-0.3, -0.25) is 9.59 Å². The minimum Gasteiger partial charge on any atom is -0.476 e. The second-order valence-electron chi connectivity index (χ2n) is 7.85. The lowest BCUT2D eigenvalue weighted by Crippen LogP contribution is -2.53. The Kier molecular flexibility index (Phi) is 4.76. The number of likely N-dealkylation sites (tertiary alicyclic amines) is 1.